The number of thiazole rings is 1. The number of hydrogen-bond donors (Lipinski definition) is 1. The lowest BCUT2D eigenvalue weighted by atomic mass is 10.2. The fraction of sp³-hybridized carbons (Fsp3) is 0.125. The molecule has 1 aromatic heterocycles. The van der Waals surface area contributed by atoms with E-state index in [0.717, 1.165) is 33.4 Å². The minimum absolute atomic E-state index is 0.0261. The minimum atomic E-state index is -0.767. The van der Waals surface area contributed by atoms with E-state index in [9.17, 15) is 13.6 Å². The second-order valence-corrected chi connectivity index (χ2v) is 5.85. The second-order valence-electron chi connectivity index (χ2n) is 4.74. The van der Waals surface area contributed by atoms with Gasteiger partial charge in [-0.1, -0.05) is 12.1 Å². The molecule has 3 rings (SSSR count). The minimum Gasteiger partial charge on any atom is -0.352 e. The number of nitrogens with zero attached hydrogens (tertiary/aromatic N) is 1. The molecule has 0 saturated carbocycles. The van der Waals surface area contributed by atoms with Gasteiger partial charge in [0.1, 0.15) is 11.6 Å². The first-order chi connectivity index (χ1) is 10.6. The molecule has 0 aliphatic carbocycles. The summed E-state index contributed by atoms with van der Waals surface area (Å²) in [5.41, 5.74) is 0.905. The smallest absolute Gasteiger partial charge is 0.251 e. The molecule has 1 N–H and O–H groups in total. The number of carbonyl (C=O) groups is 1. The maximum absolute atomic E-state index is 13.1. The van der Waals surface area contributed by atoms with Crippen LogP contribution in [0.5, 0.6) is 0 Å². The van der Waals surface area contributed by atoms with Crippen molar-refractivity contribution in [3.05, 3.63) is 64.7 Å². The molecule has 1 amide bonds. The largest absolute Gasteiger partial charge is 0.352 e. The highest BCUT2D eigenvalue weighted by Crippen LogP contribution is 2.21. The van der Waals surface area contributed by atoms with Crippen LogP contribution in [0.1, 0.15) is 15.4 Å². The van der Waals surface area contributed by atoms with Crippen molar-refractivity contribution in [3.63, 3.8) is 0 Å². The van der Waals surface area contributed by atoms with Gasteiger partial charge in [0.05, 0.1) is 15.2 Å². The van der Waals surface area contributed by atoms with Crippen LogP contribution in [-0.2, 0) is 6.42 Å². The molecule has 2 aromatic carbocycles. The van der Waals surface area contributed by atoms with Crippen LogP contribution >= 0.6 is 11.3 Å². The zero-order valence-corrected chi connectivity index (χ0v) is 12.3. The topological polar surface area (TPSA) is 42.0 Å². The first-order valence-electron chi connectivity index (χ1n) is 6.70. The molecule has 6 heteroatoms. The summed E-state index contributed by atoms with van der Waals surface area (Å²) >= 11 is 1.57. The van der Waals surface area contributed by atoms with Gasteiger partial charge >= 0.3 is 0 Å². The summed E-state index contributed by atoms with van der Waals surface area (Å²) in [6.07, 6.45) is 0.572. The molecule has 0 bridgehead atoms. The third-order valence-electron chi connectivity index (χ3n) is 3.09. The van der Waals surface area contributed by atoms with E-state index in [4.69, 9.17) is 0 Å². The quantitative estimate of drug-likeness (QED) is 0.799. The van der Waals surface area contributed by atoms with Gasteiger partial charge < -0.3 is 5.32 Å². The maximum Gasteiger partial charge on any atom is 0.251 e. The number of benzene rings is 2. The van der Waals surface area contributed by atoms with E-state index in [1.54, 1.807) is 11.3 Å². The average Bonchev–Trinajstić information content (AvgIpc) is 2.88. The molecule has 0 radical (unpaired) electrons. The molecule has 0 atom stereocenters. The number of hydrogen-bond acceptors (Lipinski definition) is 3. The Morgan fingerprint density at radius 1 is 1.14 bits per heavy atom. The summed E-state index contributed by atoms with van der Waals surface area (Å²) < 4.78 is 27.2. The highest BCUT2D eigenvalue weighted by atomic mass is 32.1. The average molecular weight is 318 g/mol. The predicted octanol–water partition coefficient (Wildman–Crippen LogP) is 3.55. The predicted molar refractivity (Wildman–Crippen MR) is 82.0 cm³/mol. The fourth-order valence-electron chi connectivity index (χ4n) is 2.10. The third-order valence-corrected chi connectivity index (χ3v) is 4.18. The van der Waals surface area contributed by atoms with Crippen LogP contribution in [0.2, 0.25) is 0 Å². The lowest BCUT2D eigenvalue weighted by molar-refractivity contribution is 0.0953. The molecule has 112 valence electrons. The molecule has 0 fully saturated rings. The van der Waals surface area contributed by atoms with Gasteiger partial charge in [-0.15, -0.1) is 11.3 Å². The van der Waals surface area contributed by atoms with Gasteiger partial charge in [-0.2, -0.15) is 0 Å². The standard InChI is InChI=1S/C16H12F2N2OS/c17-11-7-10(8-12(18)9-11)16(21)19-6-5-15-20-13-3-1-2-4-14(13)22-15/h1-4,7-9H,5-6H2,(H,19,21). The Labute approximate surface area is 129 Å². The van der Waals surface area contributed by atoms with Gasteiger partial charge in [0.2, 0.25) is 0 Å². The van der Waals surface area contributed by atoms with E-state index >= 15 is 0 Å². The molecule has 0 aliphatic rings. The van der Waals surface area contributed by atoms with Crippen molar-refractivity contribution in [3.8, 4) is 0 Å². The van der Waals surface area contributed by atoms with Crippen molar-refractivity contribution in [1.82, 2.24) is 10.3 Å². The Morgan fingerprint density at radius 2 is 1.86 bits per heavy atom. The number of rotatable bonds is 4. The number of aromatic nitrogens is 1. The van der Waals surface area contributed by atoms with Gasteiger partial charge in [0.15, 0.2) is 0 Å². The van der Waals surface area contributed by atoms with Crippen LogP contribution in [0.4, 0.5) is 8.78 Å². The molecule has 1 heterocycles. The van der Waals surface area contributed by atoms with Crippen LogP contribution in [0.15, 0.2) is 42.5 Å². The van der Waals surface area contributed by atoms with E-state index in [2.05, 4.69) is 10.3 Å². The van der Waals surface area contributed by atoms with Crippen LogP contribution in [0.25, 0.3) is 10.2 Å². The van der Waals surface area contributed by atoms with Crippen molar-refractivity contribution in [1.29, 1.82) is 0 Å². The van der Waals surface area contributed by atoms with Gasteiger partial charge in [-0.3, -0.25) is 4.79 Å². The lowest BCUT2D eigenvalue weighted by Gasteiger charge is -2.04. The third kappa shape index (κ3) is 3.28. The van der Waals surface area contributed by atoms with Crippen molar-refractivity contribution in [2.45, 2.75) is 6.42 Å². The van der Waals surface area contributed by atoms with E-state index in [1.165, 1.54) is 0 Å². The van der Waals surface area contributed by atoms with E-state index in [1.807, 2.05) is 24.3 Å². The molecule has 0 aliphatic heterocycles. The van der Waals surface area contributed by atoms with Crippen molar-refractivity contribution in [2.75, 3.05) is 6.54 Å². The molecule has 3 aromatic rings. The van der Waals surface area contributed by atoms with Gasteiger partial charge in [-0.05, 0) is 24.3 Å². The number of halogens is 2. The summed E-state index contributed by atoms with van der Waals surface area (Å²) in [6, 6.07) is 10.6. The number of para-hydroxylation sites is 1. The van der Waals surface area contributed by atoms with E-state index < -0.39 is 17.5 Å². The Morgan fingerprint density at radius 3 is 2.59 bits per heavy atom. The van der Waals surface area contributed by atoms with Crippen LogP contribution < -0.4 is 5.32 Å². The Hall–Kier alpha value is -2.34. The van der Waals surface area contributed by atoms with Crippen LogP contribution in [0, 0.1) is 11.6 Å². The van der Waals surface area contributed by atoms with E-state index in [-0.39, 0.29) is 5.56 Å². The molecular formula is C16H12F2N2OS. The second kappa shape index (κ2) is 6.19. The van der Waals surface area contributed by atoms with E-state index in [0.29, 0.717) is 13.0 Å². The lowest BCUT2D eigenvalue weighted by Crippen LogP contribution is -2.25. The van der Waals surface area contributed by atoms with Crippen molar-refractivity contribution >= 4 is 27.5 Å². The van der Waals surface area contributed by atoms with Gasteiger partial charge in [0.25, 0.3) is 5.91 Å². The molecule has 0 unspecified atom stereocenters. The number of carbonyl (C=O) groups excluding carboxylic acids is 1. The van der Waals surface area contributed by atoms with Crippen LogP contribution in [-0.4, -0.2) is 17.4 Å². The zero-order valence-electron chi connectivity index (χ0n) is 11.5. The zero-order chi connectivity index (χ0) is 15.5. The van der Waals surface area contributed by atoms with Gasteiger partial charge in [0, 0.05) is 24.6 Å². The van der Waals surface area contributed by atoms with Crippen molar-refractivity contribution < 1.29 is 13.6 Å². The normalized spacial score (nSPS) is 10.8. The number of nitrogens with one attached hydrogen (secondary N) is 1. The molecule has 0 spiro atoms. The summed E-state index contributed by atoms with van der Waals surface area (Å²) in [7, 11) is 0. The summed E-state index contributed by atoms with van der Waals surface area (Å²) in [5, 5.41) is 3.55. The Kier molecular flexibility index (Phi) is 4.11. The summed E-state index contributed by atoms with van der Waals surface area (Å²) in [6.45, 7) is 0.358. The monoisotopic (exact) mass is 318 g/mol. The first-order valence-corrected chi connectivity index (χ1v) is 7.52. The molecule has 0 saturated heterocycles. The van der Waals surface area contributed by atoms with Crippen LogP contribution in [0.3, 0.4) is 0 Å². The SMILES string of the molecule is O=C(NCCc1nc2ccccc2s1)c1cc(F)cc(F)c1. The summed E-state index contributed by atoms with van der Waals surface area (Å²) in [5.74, 6) is -2.04. The maximum atomic E-state index is 13.1. The Balaban J connectivity index is 1.61. The molecule has 22 heavy (non-hydrogen) atoms. The molecular weight excluding hydrogens is 306 g/mol. The first kappa shape index (κ1) is 14.6. The molecule has 3 nitrogen and oxygen atoms in total. The number of amides is 1. The van der Waals surface area contributed by atoms with Gasteiger partial charge in [-0.25, -0.2) is 13.8 Å². The number of fused-ring (bicyclic) bond motifs is 1. The highest BCUT2D eigenvalue weighted by Gasteiger charge is 2.09. The van der Waals surface area contributed by atoms with Crippen molar-refractivity contribution in [2.24, 2.45) is 0 Å². The summed E-state index contributed by atoms with van der Waals surface area (Å²) in [4.78, 5) is 16.3. The highest BCUT2D eigenvalue weighted by molar-refractivity contribution is 7.18. The Bertz CT molecular complexity index is 779. The fourth-order valence-corrected chi connectivity index (χ4v) is 3.06.